The van der Waals surface area contributed by atoms with Gasteiger partial charge in [-0.15, -0.1) is 0 Å². The first kappa shape index (κ1) is 15.8. The lowest BCUT2D eigenvalue weighted by Gasteiger charge is -2.30. The van der Waals surface area contributed by atoms with E-state index in [1.807, 2.05) is 42.6 Å². The van der Waals surface area contributed by atoms with E-state index < -0.39 is 0 Å². The summed E-state index contributed by atoms with van der Waals surface area (Å²) in [6.07, 6.45) is 7.31. The van der Waals surface area contributed by atoms with Gasteiger partial charge in [-0.2, -0.15) is 5.10 Å². The van der Waals surface area contributed by atoms with Crippen molar-refractivity contribution < 1.29 is 9.32 Å². The molecule has 0 unspecified atom stereocenters. The van der Waals surface area contributed by atoms with E-state index in [2.05, 4.69) is 22.2 Å². The molecule has 1 aliphatic heterocycles. The monoisotopic (exact) mass is 330 g/mol. The van der Waals surface area contributed by atoms with Gasteiger partial charge >= 0.3 is 0 Å². The molecule has 23 heavy (non-hydrogen) atoms. The Morgan fingerprint density at radius 2 is 1.96 bits per heavy atom. The molecule has 2 aromatic rings. The van der Waals surface area contributed by atoms with E-state index in [4.69, 9.17) is 16.0 Å². The fourth-order valence-electron chi connectivity index (χ4n) is 2.65. The molecule has 1 aromatic heterocycles. The molecule has 0 bridgehead atoms. The van der Waals surface area contributed by atoms with Crippen LogP contribution in [0, 0.1) is 0 Å². The zero-order chi connectivity index (χ0) is 15.9. The lowest BCUT2D eigenvalue weighted by atomic mass is 10.2. The first-order chi connectivity index (χ1) is 11.3. The molecular formula is C18H21ClN3O+. The molecule has 1 aliphatic rings. The topological polar surface area (TPSA) is 33.2 Å². The summed E-state index contributed by atoms with van der Waals surface area (Å²) >= 11 is 5.93. The minimum atomic E-state index is 0.797. The maximum Gasteiger partial charge on any atom is 0.126 e. The van der Waals surface area contributed by atoms with Gasteiger partial charge in [-0.05, 0) is 36.4 Å². The van der Waals surface area contributed by atoms with Crippen molar-refractivity contribution in [3.63, 3.8) is 0 Å². The van der Waals surface area contributed by atoms with Crippen LogP contribution in [-0.2, 0) is 6.54 Å². The largest absolute Gasteiger partial charge is 0.465 e. The highest BCUT2D eigenvalue weighted by Gasteiger charge is 2.18. The van der Waals surface area contributed by atoms with Crippen molar-refractivity contribution in [1.82, 2.24) is 5.01 Å². The minimum absolute atomic E-state index is 0.797. The summed E-state index contributed by atoms with van der Waals surface area (Å²) in [6, 6.07) is 11.9. The van der Waals surface area contributed by atoms with Crippen LogP contribution in [0.5, 0.6) is 0 Å². The van der Waals surface area contributed by atoms with Crippen molar-refractivity contribution in [2.75, 3.05) is 26.2 Å². The van der Waals surface area contributed by atoms with Gasteiger partial charge in [0.1, 0.15) is 12.3 Å². The van der Waals surface area contributed by atoms with E-state index >= 15 is 0 Å². The third-order valence-electron chi connectivity index (χ3n) is 3.93. The lowest BCUT2D eigenvalue weighted by molar-refractivity contribution is -0.918. The maximum absolute atomic E-state index is 5.93. The lowest BCUT2D eigenvalue weighted by Crippen LogP contribution is -3.13. The summed E-state index contributed by atoms with van der Waals surface area (Å²) < 4.78 is 5.23. The van der Waals surface area contributed by atoms with Gasteiger partial charge in [0, 0.05) is 16.8 Å². The number of nitrogens with zero attached hydrogens (tertiary/aromatic N) is 2. The van der Waals surface area contributed by atoms with Crippen LogP contribution in [-0.4, -0.2) is 37.4 Å². The van der Waals surface area contributed by atoms with Crippen LogP contribution in [0.3, 0.4) is 0 Å². The Morgan fingerprint density at radius 1 is 1.17 bits per heavy atom. The van der Waals surface area contributed by atoms with Gasteiger partial charge in [0.15, 0.2) is 0 Å². The Labute approximate surface area is 141 Å². The third kappa shape index (κ3) is 4.98. The molecule has 1 fully saturated rings. The summed E-state index contributed by atoms with van der Waals surface area (Å²) in [7, 11) is 0. The van der Waals surface area contributed by atoms with Crippen LogP contribution in [0.15, 0.2) is 58.3 Å². The summed E-state index contributed by atoms with van der Waals surface area (Å²) in [5, 5.41) is 7.40. The van der Waals surface area contributed by atoms with Crippen molar-refractivity contribution in [3.05, 3.63) is 65.1 Å². The molecule has 2 heterocycles. The summed E-state index contributed by atoms with van der Waals surface area (Å²) in [4.78, 5) is 1.59. The number of hydrazone groups is 1. The van der Waals surface area contributed by atoms with Crippen LogP contribution < -0.4 is 4.90 Å². The van der Waals surface area contributed by atoms with Gasteiger partial charge in [0.25, 0.3) is 0 Å². The number of rotatable bonds is 5. The van der Waals surface area contributed by atoms with Gasteiger partial charge in [-0.3, -0.25) is 5.01 Å². The van der Waals surface area contributed by atoms with Crippen LogP contribution >= 0.6 is 11.6 Å². The number of allylic oxidation sites excluding steroid dienone is 1. The van der Waals surface area contributed by atoms with Crippen LogP contribution in [0.1, 0.15) is 11.3 Å². The quantitative estimate of drug-likeness (QED) is 0.854. The molecular weight excluding hydrogens is 310 g/mol. The molecule has 1 aromatic carbocycles. The number of hydrogen-bond donors (Lipinski definition) is 1. The smallest absolute Gasteiger partial charge is 0.126 e. The predicted molar refractivity (Wildman–Crippen MR) is 93.7 cm³/mol. The molecule has 1 saturated heterocycles. The number of hydrogen-bond acceptors (Lipinski definition) is 3. The molecule has 4 nitrogen and oxygen atoms in total. The van der Waals surface area contributed by atoms with Gasteiger partial charge in [-0.25, -0.2) is 0 Å². The average Bonchev–Trinajstić information content (AvgIpc) is 3.09. The highest BCUT2D eigenvalue weighted by atomic mass is 35.5. The molecule has 0 atom stereocenters. The molecule has 0 radical (unpaired) electrons. The molecule has 120 valence electrons. The SMILES string of the molecule is Clc1ccc(C[NH+]2CCN(/N=C\C=C\c3ccco3)CC2)cc1. The Kier molecular flexibility index (Phi) is 5.51. The van der Waals surface area contributed by atoms with E-state index in [0.29, 0.717) is 0 Å². The molecule has 0 amide bonds. The van der Waals surface area contributed by atoms with Crippen molar-refractivity contribution in [3.8, 4) is 0 Å². The van der Waals surface area contributed by atoms with E-state index in [-0.39, 0.29) is 0 Å². The molecule has 1 N–H and O–H groups in total. The summed E-state index contributed by atoms with van der Waals surface area (Å²) in [5.74, 6) is 0.841. The van der Waals surface area contributed by atoms with Crippen molar-refractivity contribution in [2.45, 2.75) is 6.54 Å². The fraction of sp³-hybridized carbons (Fsp3) is 0.278. The Balaban J connectivity index is 1.42. The fourth-order valence-corrected chi connectivity index (χ4v) is 2.78. The summed E-state index contributed by atoms with van der Waals surface area (Å²) in [6.45, 7) is 5.21. The van der Waals surface area contributed by atoms with Crippen molar-refractivity contribution in [2.24, 2.45) is 5.10 Å². The molecule has 0 aliphatic carbocycles. The van der Waals surface area contributed by atoms with Crippen LogP contribution in [0.25, 0.3) is 6.08 Å². The van der Waals surface area contributed by atoms with Crippen molar-refractivity contribution >= 4 is 23.9 Å². The average molecular weight is 331 g/mol. The molecule has 5 heteroatoms. The van der Waals surface area contributed by atoms with Gasteiger partial charge < -0.3 is 9.32 Å². The molecule has 3 rings (SSSR count). The zero-order valence-electron chi connectivity index (χ0n) is 13.0. The van der Waals surface area contributed by atoms with E-state index in [1.54, 1.807) is 11.2 Å². The van der Waals surface area contributed by atoms with E-state index in [9.17, 15) is 0 Å². The van der Waals surface area contributed by atoms with E-state index in [1.165, 1.54) is 5.56 Å². The molecule has 0 spiro atoms. The second-order valence-electron chi connectivity index (χ2n) is 5.65. The zero-order valence-corrected chi connectivity index (χ0v) is 13.7. The second-order valence-corrected chi connectivity index (χ2v) is 6.08. The second kappa shape index (κ2) is 7.99. The van der Waals surface area contributed by atoms with E-state index in [0.717, 1.165) is 43.5 Å². The third-order valence-corrected chi connectivity index (χ3v) is 4.19. The number of halogens is 1. The van der Waals surface area contributed by atoms with Gasteiger partial charge in [0.05, 0.1) is 32.4 Å². The van der Waals surface area contributed by atoms with Crippen molar-refractivity contribution in [1.29, 1.82) is 0 Å². The minimum Gasteiger partial charge on any atom is -0.465 e. The molecule has 0 saturated carbocycles. The first-order valence-corrected chi connectivity index (χ1v) is 8.24. The Morgan fingerprint density at radius 3 is 2.65 bits per heavy atom. The number of nitrogens with one attached hydrogen (secondary N) is 1. The standard InChI is InChI=1S/C18H20ClN3O/c19-17-7-5-16(6-8-17)15-21-10-12-22(13-11-21)20-9-1-3-18-4-2-14-23-18/h1-9,14H,10-13,15H2/p+1/b3-1+,20-9-. The number of piperazine rings is 1. The number of furan rings is 1. The van der Waals surface area contributed by atoms with Gasteiger partial charge in [0.2, 0.25) is 0 Å². The number of benzene rings is 1. The Bertz CT molecular complexity index is 641. The van der Waals surface area contributed by atoms with Crippen LogP contribution in [0.2, 0.25) is 5.02 Å². The Hall–Kier alpha value is -2.04. The normalized spacial score (nSPS) is 16.7. The summed E-state index contributed by atoms with van der Waals surface area (Å²) in [5.41, 5.74) is 1.34. The number of quaternary nitrogens is 1. The first-order valence-electron chi connectivity index (χ1n) is 7.87. The maximum atomic E-state index is 5.93. The van der Waals surface area contributed by atoms with Crippen LogP contribution in [0.4, 0.5) is 0 Å². The highest BCUT2D eigenvalue weighted by Crippen LogP contribution is 2.08. The highest BCUT2D eigenvalue weighted by molar-refractivity contribution is 6.30. The van der Waals surface area contributed by atoms with Gasteiger partial charge in [-0.1, -0.05) is 23.7 Å². The predicted octanol–water partition coefficient (Wildman–Crippen LogP) is 2.33.